The van der Waals surface area contributed by atoms with Crippen LogP contribution in [0.25, 0.3) is 0 Å². The maximum absolute atomic E-state index is 11.5. The van der Waals surface area contributed by atoms with Crippen LogP contribution in [0.3, 0.4) is 0 Å². The molecule has 0 aromatic carbocycles. The summed E-state index contributed by atoms with van der Waals surface area (Å²) in [5, 5.41) is 25.2. The number of rotatable bonds is 8. The molecule has 0 rings (SSSR count). The fourth-order valence-electron chi connectivity index (χ4n) is 1.03. The summed E-state index contributed by atoms with van der Waals surface area (Å²) in [4.78, 5) is 0. The van der Waals surface area contributed by atoms with Gasteiger partial charge in [0, 0.05) is 26.9 Å². The Morgan fingerprint density at radius 1 is 1.40 bits per heavy atom. The van der Waals surface area contributed by atoms with Crippen molar-refractivity contribution >= 4 is 13.8 Å². The standard InChI is InChI=1S/C8H18NO5P/c1-13-15(12,14-2)4-3-7(10)5-8(11)6-9/h6-11H,3-5H2,1-2H3/t7-,8-/m1/s1. The zero-order valence-electron chi connectivity index (χ0n) is 8.92. The van der Waals surface area contributed by atoms with Crippen molar-refractivity contribution in [1.82, 2.24) is 0 Å². The van der Waals surface area contributed by atoms with E-state index in [9.17, 15) is 9.67 Å². The van der Waals surface area contributed by atoms with Crippen molar-refractivity contribution in [2.24, 2.45) is 0 Å². The first-order valence-corrected chi connectivity index (χ1v) is 6.27. The maximum atomic E-state index is 11.5. The Labute approximate surface area is 89.3 Å². The van der Waals surface area contributed by atoms with E-state index < -0.39 is 19.8 Å². The average molecular weight is 239 g/mol. The molecule has 0 saturated heterocycles. The highest BCUT2D eigenvalue weighted by molar-refractivity contribution is 7.53. The minimum Gasteiger partial charge on any atom is -0.393 e. The lowest BCUT2D eigenvalue weighted by Gasteiger charge is -2.16. The van der Waals surface area contributed by atoms with Gasteiger partial charge in [0.15, 0.2) is 0 Å². The number of hydrogen-bond donors (Lipinski definition) is 3. The second kappa shape index (κ2) is 7.09. The van der Waals surface area contributed by atoms with E-state index >= 15 is 0 Å². The molecule has 0 radical (unpaired) electrons. The van der Waals surface area contributed by atoms with Crippen LogP contribution >= 0.6 is 7.60 Å². The molecule has 3 N–H and O–H groups in total. The number of hydrogen-bond acceptors (Lipinski definition) is 6. The van der Waals surface area contributed by atoms with Gasteiger partial charge in [-0.15, -0.1) is 0 Å². The lowest BCUT2D eigenvalue weighted by atomic mass is 10.1. The lowest BCUT2D eigenvalue weighted by Crippen LogP contribution is -2.19. The summed E-state index contributed by atoms with van der Waals surface area (Å²) in [6.07, 6.45) is -0.605. The summed E-state index contributed by atoms with van der Waals surface area (Å²) in [6.45, 7) is 0. The van der Waals surface area contributed by atoms with Crippen molar-refractivity contribution in [1.29, 1.82) is 5.41 Å². The third kappa shape index (κ3) is 6.02. The molecule has 0 spiro atoms. The van der Waals surface area contributed by atoms with Crippen LogP contribution in [0, 0.1) is 5.41 Å². The molecule has 90 valence electrons. The monoisotopic (exact) mass is 239 g/mol. The van der Waals surface area contributed by atoms with Crippen molar-refractivity contribution < 1.29 is 23.8 Å². The molecular weight excluding hydrogens is 221 g/mol. The van der Waals surface area contributed by atoms with Gasteiger partial charge in [-0.3, -0.25) is 4.57 Å². The van der Waals surface area contributed by atoms with E-state index in [1.807, 2.05) is 0 Å². The third-order valence-electron chi connectivity index (χ3n) is 2.00. The van der Waals surface area contributed by atoms with E-state index in [0.29, 0.717) is 0 Å². The van der Waals surface area contributed by atoms with Gasteiger partial charge in [0.2, 0.25) is 0 Å². The van der Waals surface area contributed by atoms with E-state index in [0.717, 1.165) is 6.21 Å². The molecule has 0 aliphatic heterocycles. The van der Waals surface area contributed by atoms with E-state index in [1.54, 1.807) is 0 Å². The summed E-state index contributed by atoms with van der Waals surface area (Å²) >= 11 is 0. The molecule has 6 nitrogen and oxygen atoms in total. The third-order valence-corrected chi connectivity index (χ3v) is 3.92. The van der Waals surface area contributed by atoms with Gasteiger partial charge < -0.3 is 24.7 Å². The number of aliphatic hydroxyl groups is 2. The van der Waals surface area contributed by atoms with Crippen molar-refractivity contribution in [3.63, 3.8) is 0 Å². The quantitative estimate of drug-likeness (QED) is 0.426. The predicted molar refractivity (Wildman–Crippen MR) is 56.5 cm³/mol. The van der Waals surface area contributed by atoms with E-state index in [4.69, 9.17) is 10.5 Å². The van der Waals surface area contributed by atoms with Gasteiger partial charge in [0.05, 0.1) is 18.4 Å². The van der Waals surface area contributed by atoms with Crippen molar-refractivity contribution in [2.75, 3.05) is 20.4 Å². The second-order valence-electron chi connectivity index (χ2n) is 3.11. The second-order valence-corrected chi connectivity index (χ2v) is 5.51. The Balaban J connectivity index is 3.93. The smallest absolute Gasteiger partial charge is 0.330 e. The molecule has 2 atom stereocenters. The average Bonchev–Trinajstić information content (AvgIpc) is 2.25. The molecule has 0 bridgehead atoms. The Hall–Kier alpha value is -0.260. The van der Waals surface area contributed by atoms with Crippen LogP contribution in [0.1, 0.15) is 12.8 Å². The zero-order valence-corrected chi connectivity index (χ0v) is 9.81. The topological polar surface area (TPSA) is 99.8 Å². The summed E-state index contributed by atoms with van der Waals surface area (Å²) < 4.78 is 20.9. The Bertz CT molecular complexity index is 227. The minimum atomic E-state index is -3.09. The van der Waals surface area contributed by atoms with Crippen molar-refractivity contribution in [2.45, 2.75) is 25.0 Å². The highest BCUT2D eigenvalue weighted by atomic mass is 31.2. The molecule has 7 heteroatoms. The van der Waals surface area contributed by atoms with Gasteiger partial charge in [0.25, 0.3) is 0 Å². The Morgan fingerprint density at radius 3 is 2.33 bits per heavy atom. The Morgan fingerprint density at radius 2 is 1.93 bits per heavy atom. The van der Waals surface area contributed by atoms with E-state index in [-0.39, 0.29) is 19.0 Å². The van der Waals surface area contributed by atoms with Crippen LogP contribution in [0.15, 0.2) is 0 Å². The zero-order chi connectivity index (χ0) is 11.9. The van der Waals surface area contributed by atoms with Gasteiger partial charge in [-0.05, 0) is 6.42 Å². The molecule has 0 saturated carbocycles. The fraction of sp³-hybridized carbons (Fsp3) is 0.875. The van der Waals surface area contributed by atoms with Crippen LogP contribution < -0.4 is 0 Å². The number of nitrogens with one attached hydrogen (secondary N) is 1. The van der Waals surface area contributed by atoms with Gasteiger partial charge in [-0.25, -0.2) is 0 Å². The molecule has 0 aromatic rings. The first kappa shape index (κ1) is 14.7. The summed E-state index contributed by atoms with van der Waals surface area (Å²) in [7, 11) is -0.524. The molecule has 0 heterocycles. The fourth-order valence-corrected chi connectivity index (χ4v) is 2.16. The molecule has 0 unspecified atom stereocenters. The number of aliphatic hydroxyl groups excluding tert-OH is 2. The van der Waals surface area contributed by atoms with Crippen LogP contribution in [-0.2, 0) is 13.6 Å². The molecule has 0 aliphatic carbocycles. The van der Waals surface area contributed by atoms with E-state index in [1.165, 1.54) is 14.2 Å². The van der Waals surface area contributed by atoms with Gasteiger partial charge >= 0.3 is 7.60 Å². The largest absolute Gasteiger partial charge is 0.393 e. The highest BCUT2D eigenvalue weighted by Crippen LogP contribution is 2.47. The molecule has 0 fully saturated rings. The lowest BCUT2D eigenvalue weighted by molar-refractivity contribution is 0.109. The van der Waals surface area contributed by atoms with Gasteiger partial charge in [-0.2, -0.15) is 0 Å². The maximum Gasteiger partial charge on any atom is 0.330 e. The summed E-state index contributed by atoms with van der Waals surface area (Å²) in [5.41, 5.74) is 0. The first-order valence-electron chi connectivity index (χ1n) is 4.54. The predicted octanol–water partition coefficient (Wildman–Crippen LogP) is 0.624. The van der Waals surface area contributed by atoms with Crippen LogP contribution in [0.5, 0.6) is 0 Å². The molecular formula is C8H18NO5P. The summed E-state index contributed by atoms with van der Waals surface area (Å²) in [5.74, 6) is 0. The molecule has 0 amide bonds. The van der Waals surface area contributed by atoms with Crippen LogP contribution in [0.2, 0.25) is 0 Å². The highest BCUT2D eigenvalue weighted by Gasteiger charge is 2.22. The SMILES string of the molecule is COP(=O)(CC[C@@H](O)C[C@@H](O)C=N)OC. The molecule has 0 aromatic heterocycles. The van der Waals surface area contributed by atoms with E-state index in [2.05, 4.69) is 9.05 Å². The normalized spacial score (nSPS) is 16.0. The molecule has 0 aliphatic rings. The van der Waals surface area contributed by atoms with Gasteiger partial charge in [-0.1, -0.05) is 0 Å². The summed E-state index contributed by atoms with van der Waals surface area (Å²) in [6, 6.07) is 0. The van der Waals surface area contributed by atoms with Crippen molar-refractivity contribution in [3.8, 4) is 0 Å². The molecule has 15 heavy (non-hydrogen) atoms. The van der Waals surface area contributed by atoms with Crippen molar-refractivity contribution in [3.05, 3.63) is 0 Å². The first-order chi connectivity index (χ1) is 6.97. The van der Waals surface area contributed by atoms with Crippen LogP contribution in [-0.4, -0.2) is 49.0 Å². The van der Waals surface area contributed by atoms with Crippen LogP contribution in [0.4, 0.5) is 0 Å². The Kier molecular flexibility index (Phi) is 6.96. The van der Waals surface area contributed by atoms with Gasteiger partial charge in [0.1, 0.15) is 0 Å². The minimum absolute atomic E-state index is 0.0525.